The Hall–Kier alpha value is -2.31. The number of carbonyl (C=O) groups excluding carboxylic acids is 2. The van der Waals surface area contributed by atoms with Crippen LogP contribution in [0.5, 0.6) is 0 Å². The minimum Gasteiger partial charge on any atom is -0.314 e. The first-order chi connectivity index (χ1) is 7.95. The molecule has 1 amide bonds. The van der Waals surface area contributed by atoms with Crippen molar-refractivity contribution in [3.8, 4) is 0 Å². The molecule has 0 atom stereocenters. The van der Waals surface area contributed by atoms with Crippen molar-refractivity contribution in [3.63, 3.8) is 0 Å². The highest BCUT2D eigenvalue weighted by molar-refractivity contribution is 6.40. The van der Waals surface area contributed by atoms with E-state index in [-0.39, 0.29) is 12.1 Å². The molecule has 0 heterocycles. The molecule has 17 heavy (non-hydrogen) atoms. The van der Waals surface area contributed by atoms with Gasteiger partial charge in [-0.25, -0.2) is 4.39 Å². The van der Waals surface area contributed by atoms with Crippen molar-refractivity contribution in [1.29, 1.82) is 0 Å². The van der Waals surface area contributed by atoms with Gasteiger partial charge in [0.25, 0.3) is 11.6 Å². The molecular weight excluding hydrogens is 231 g/mol. The topological polar surface area (TPSA) is 89.3 Å². The van der Waals surface area contributed by atoms with Crippen LogP contribution in [0.1, 0.15) is 13.3 Å². The number of anilines is 1. The van der Waals surface area contributed by atoms with E-state index in [1.807, 2.05) is 5.32 Å². The standard InChI is InChI=1S/C10H9FN2O4/c1-2-9(14)10(15)12-7-5-6(11)3-4-8(7)13(16)17/h3-5H,2H2,1H3,(H,12,15). The third-order valence-electron chi connectivity index (χ3n) is 1.98. The third-order valence-corrected chi connectivity index (χ3v) is 1.98. The summed E-state index contributed by atoms with van der Waals surface area (Å²) in [4.78, 5) is 32.1. The van der Waals surface area contributed by atoms with E-state index < -0.39 is 28.1 Å². The van der Waals surface area contributed by atoms with Crippen LogP contribution < -0.4 is 5.32 Å². The highest BCUT2D eigenvalue weighted by Gasteiger charge is 2.19. The molecule has 90 valence electrons. The summed E-state index contributed by atoms with van der Waals surface area (Å²) in [7, 11) is 0. The Morgan fingerprint density at radius 1 is 1.47 bits per heavy atom. The second kappa shape index (κ2) is 5.15. The van der Waals surface area contributed by atoms with Gasteiger partial charge in [-0.1, -0.05) is 6.92 Å². The fourth-order valence-corrected chi connectivity index (χ4v) is 1.12. The van der Waals surface area contributed by atoms with Gasteiger partial charge in [-0.3, -0.25) is 19.7 Å². The molecule has 0 aliphatic heterocycles. The first kappa shape index (κ1) is 12.8. The van der Waals surface area contributed by atoms with E-state index in [9.17, 15) is 24.1 Å². The van der Waals surface area contributed by atoms with Crippen LogP contribution in [0.3, 0.4) is 0 Å². The van der Waals surface area contributed by atoms with Crippen LogP contribution in [-0.4, -0.2) is 16.6 Å². The number of ketones is 1. The zero-order valence-electron chi connectivity index (χ0n) is 8.90. The quantitative estimate of drug-likeness (QED) is 0.492. The van der Waals surface area contributed by atoms with Crippen molar-refractivity contribution in [3.05, 3.63) is 34.1 Å². The lowest BCUT2D eigenvalue weighted by atomic mass is 10.2. The second-order valence-corrected chi connectivity index (χ2v) is 3.15. The summed E-state index contributed by atoms with van der Waals surface area (Å²) in [5.74, 6) is -2.47. The molecule has 0 saturated heterocycles. The van der Waals surface area contributed by atoms with E-state index in [4.69, 9.17) is 0 Å². The monoisotopic (exact) mass is 240 g/mol. The summed E-state index contributed by atoms with van der Waals surface area (Å²) in [5.41, 5.74) is -0.801. The average Bonchev–Trinajstić information content (AvgIpc) is 2.27. The number of hydrogen-bond acceptors (Lipinski definition) is 4. The number of rotatable bonds is 4. The number of hydrogen-bond donors (Lipinski definition) is 1. The lowest BCUT2D eigenvalue weighted by molar-refractivity contribution is -0.384. The lowest BCUT2D eigenvalue weighted by Crippen LogP contribution is -2.22. The summed E-state index contributed by atoms with van der Waals surface area (Å²) in [6, 6.07) is 2.61. The van der Waals surface area contributed by atoms with Gasteiger partial charge in [0.05, 0.1) is 4.92 Å². The van der Waals surface area contributed by atoms with Gasteiger partial charge in [-0.2, -0.15) is 0 Å². The lowest BCUT2D eigenvalue weighted by Gasteiger charge is -2.04. The van der Waals surface area contributed by atoms with E-state index in [1.54, 1.807) is 0 Å². The van der Waals surface area contributed by atoms with Gasteiger partial charge in [0.2, 0.25) is 5.78 Å². The van der Waals surface area contributed by atoms with Gasteiger partial charge < -0.3 is 5.32 Å². The number of nitrogens with zero attached hydrogens (tertiary/aromatic N) is 1. The highest BCUT2D eigenvalue weighted by Crippen LogP contribution is 2.24. The summed E-state index contributed by atoms with van der Waals surface area (Å²) in [5, 5.41) is 12.6. The number of Topliss-reactive ketones (excluding diaryl/α,β-unsaturated/α-hetero) is 1. The Morgan fingerprint density at radius 2 is 2.12 bits per heavy atom. The van der Waals surface area contributed by atoms with E-state index in [0.29, 0.717) is 0 Å². The fraction of sp³-hybridized carbons (Fsp3) is 0.200. The van der Waals surface area contributed by atoms with Crippen molar-refractivity contribution in [1.82, 2.24) is 0 Å². The molecule has 0 saturated carbocycles. The third kappa shape index (κ3) is 3.07. The number of amides is 1. The largest absolute Gasteiger partial charge is 0.314 e. The molecule has 0 radical (unpaired) electrons. The minimum absolute atomic E-state index is 0.0328. The van der Waals surface area contributed by atoms with E-state index in [0.717, 1.165) is 18.2 Å². The van der Waals surface area contributed by atoms with Gasteiger partial charge in [0.1, 0.15) is 11.5 Å². The van der Waals surface area contributed by atoms with Crippen LogP contribution >= 0.6 is 0 Å². The van der Waals surface area contributed by atoms with Gasteiger partial charge in [-0.05, 0) is 6.07 Å². The molecule has 0 aromatic heterocycles. The molecule has 0 aliphatic carbocycles. The second-order valence-electron chi connectivity index (χ2n) is 3.15. The van der Waals surface area contributed by atoms with Crippen LogP contribution in [0.4, 0.5) is 15.8 Å². The Morgan fingerprint density at radius 3 is 2.65 bits per heavy atom. The Balaban J connectivity index is 3.04. The van der Waals surface area contributed by atoms with E-state index >= 15 is 0 Å². The molecule has 0 aliphatic rings. The number of nitro groups is 1. The fourth-order valence-electron chi connectivity index (χ4n) is 1.12. The molecule has 0 bridgehead atoms. The number of benzene rings is 1. The Bertz CT molecular complexity index is 487. The van der Waals surface area contributed by atoms with E-state index in [1.165, 1.54) is 6.92 Å². The molecule has 1 rings (SSSR count). The SMILES string of the molecule is CCC(=O)C(=O)Nc1cc(F)ccc1[N+](=O)[O-]. The van der Waals surface area contributed by atoms with Gasteiger partial charge in [-0.15, -0.1) is 0 Å². The summed E-state index contributed by atoms with van der Waals surface area (Å²) in [6.45, 7) is 1.47. The number of nitrogens with one attached hydrogen (secondary N) is 1. The van der Waals surface area contributed by atoms with Crippen LogP contribution in [0, 0.1) is 15.9 Å². The van der Waals surface area contributed by atoms with Gasteiger partial charge >= 0.3 is 0 Å². The Labute approximate surface area is 95.6 Å². The average molecular weight is 240 g/mol. The summed E-state index contributed by atoms with van der Waals surface area (Å²) in [6.07, 6.45) is -0.0328. The van der Waals surface area contributed by atoms with Gasteiger partial charge in [0.15, 0.2) is 0 Å². The number of carbonyl (C=O) groups is 2. The first-order valence-corrected chi connectivity index (χ1v) is 4.73. The van der Waals surface area contributed by atoms with Crippen LogP contribution in [0.2, 0.25) is 0 Å². The molecule has 0 unspecified atom stereocenters. The minimum atomic E-state index is -0.999. The molecular formula is C10H9FN2O4. The summed E-state index contributed by atoms with van der Waals surface area (Å²) >= 11 is 0. The molecule has 1 aromatic rings. The van der Waals surface area contributed by atoms with Crippen molar-refractivity contribution >= 4 is 23.1 Å². The highest BCUT2D eigenvalue weighted by atomic mass is 19.1. The zero-order chi connectivity index (χ0) is 13.0. The molecule has 0 fully saturated rings. The smallest absolute Gasteiger partial charge is 0.292 e. The van der Waals surface area contributed by atoms with Gasteiger partial charge in [0, 0.05) is 18.6 Å². The number of halogens is 1. The van der Waals surface area contributed by atoms with Crippen molar-refractivity contribution < 1.29 is 18.9 Å². The van der Waals surface area contributed by atoms with Crippen LogP contribution in [0.15, 0.2) is 18.2 Å². The van der Waals surface area contributed by atoms with Crippen molar-refractivity contribution in [2.75, 3.05) is 5.32 Å². The maximum Gasteiger partial charge on any atom is 0.292 e. The summed E-state index contributed by atoms with van der Waals surface area (Å²) < 4.78 is 12.9. The predicted molar refractivity (Wildman–Crippen MR) is 57.0 cm³/mol. The number of nitro benzene ring substituents is 1. The normalized spacial score (nSPS) is 9.76. The van der Waals surface area contributed by atoms with E-state index in [2.05, 4.69) is 0 Å². The molecule has 6 nitrogen and oxygen atoms in total. The maximum absolute atomic E-state index is 12.9. The molecule has 0 spiro atoms. The first-order valence-electron chi connectivity index (χ1n) is 4.73. The molecule has 1 aromatic carbocycles. The van der Waals surface area contributed by atoms with Crippen molar-refractivity contribution in [2.45, 2.75) is 13.3 Å². The molecule has 7 heteroatoms. The Kier molecular flexibility index (Phi) is 3.86. The van der Waals surface area contributed by atoms with Crippen molar-refractivity contribution in [2.24, 2.45) is 0 Å². The predicted octanol–water partition coefficient (Wildman–Crippen LogP) is 1.65. The zero-order valence-corrected chi connectivity index (χ0v) is 8.90. The molecule has 1 N–H and O–H groups in total. The van der Waals surface area contributed by atoms with Crippen LogP contribution in [0.25, 0.3) is 0 Å². The maximum atomic E-state index is 12.9. The van der Waals surface area contributed by atoms with Crippen LogP contribution in [-0.2, 0) is 9.59 Å².